The zero-order valence-electron chi connectivity index (χ0n) is 19.7. The number of nitrogens with one attached hydrogen (secondary N) is 1. The van der Waals surface area contributed by atoms with Crippen LogP contribution in [0, 0.1) is 5.82 Å². The molecule has 0 heterocycles. The number of rotatable bonds is 10. The van der Waals surface area contributed by atoms with E-state index in [4.69, 9.17) is 0 Å². The highest BCUT2D eigenvalue weighted by Gasteiger charge is 2.30. The molecule has 0 saturated carbocycles. The van der Waals surface area contributed by atoms with E-state index < -0.39 is 34.3 Å². The number of para-hydroxylation sites is 1. The van der Waals surface area contributed by atoms with Crippen LogP contribution >= 0.6 is 0 Å². The third-order valence-corrected chi connectivity index (χ3v) is 6.31. The fourth-order valence-electron chi connectivity index (χ4n) is 3.42. The van der Waals surface area contributed by atoms with Crippen molar-refractivity contribution in [3.8, 4) is 0 Å². The Morgan fingerprint density at radius 3 is 2.18 bits per heavy atom. The first-order chi connectivity index (χ1) is 15.4. The first kappa shape index (κ1) is 26.3. The predicted molar refractivity (Wildman–Crippen MR) is 128 cm³/mol. The predicted octanol–water partition coefficient (Wildman–Crippen LogP) is 3.10. The van der Waals surface area contributed by atoms with Gasteiger partial charge in [0.2, 0.25) is 21.8 Å². The standard InChI is InChI=1S/C24H32FN3O4S/c1-6-20-9-7-8-10-22(20)28(33(5,31)32)16-23(29)27(18(4)24(30)26-17(2)3)15-19-11-13-21(25)14-12-19/h7-14,17-18H,6,15-16H2,1-5H3,(H,26,30)/t18-/m0/s1. The van der Waals surface area contributed by atoms with E-state index in [1.165, 1.54) is 29.2 Å². The summed E-state index contributed by atoms with van der Waals surface area (Å²) < 4.78 is 39.7. The van der Waals surface area contributed by atoms with Crippen LogP contribution in [-0.2, 0) is 32.6 Å². The molecule has 0 saturated heterocycles. The molecule has 2 amide bonds. The van der Waals surface area contributed by atoms with Gasteiger partial charge in [-0.05, 0) is 56.5 Å². The maximum absolute atomic E-state index is 13.4. The van der Waals surface area contributed by atoms with Crippen molar-refractivity contribution in [2.24, 2.45) is 0 Å². The first-order valence-corrected chi connectivity index (χ1v) is 12.7. The zero-order chi connectivity index (χ0) is 24.8. The molecule has 0 aliphatic heterocycles. The molecule has 0 bridgehead atoms. The van der Waals surface area contributed by atoms with E-state index in [2.05, 4.69) is 5.32 Å². The van der Waals surface area contributed by atoms with Crippen molar-refractivity contribution in [1.82, 2.24) is 10.2 Å². The molecule has 0 unspecified atom stereocenters. The highest BCUT2D eigenvalue weighted by atomic mass is 32.2. The molecule has 1 atom stereocenters. The minimum atomic E-state index is -3.79. The summed E-state index contributed by atoms with van der Waals surface area (Å²) in [6.07, 6.45) is 1.63. The molecular formula is C24H32FN3O4S. The average molecular weight is 478 g/mol. The van der Waals surface area contributed by atoms with Gasteiger partial charge in [0, 0.05) is 12.6 Å². The second kappa shape index (κ2) is 11.3. The zero-order valence-corrected chi connectivity index (χ0v) is 20.5. The maximum atomic E-state index is 13.4. The van der Waals surface area contributed by atoms with Gasteiger partial charge in [-0.15, -0.1) is 0 Å². The van der Waals surface area contributed by atoms with Gasteiger partial charge in [0.05, 0.1) is 11.9 Å². The molecule has 0 spiro atoms. The molecule has 2 aromatic rings. The van der Waals surface area contributed by atoms with Crippen molar-refractivity contribution >= 4 is 27.5 Å². The number of aryl methyl sites for hydroxylation is 1. The number of anilines is 1. The highest BCUT2D eigenvalue weighted by Crippen LogP contribution is 2.24. The normalized spacial score (nSPS) is 12.3. The quantitative estimate of drug-likeness (QED) is 0.570. The van der Waals surface area contributed by atoms with E-state index >= 15 is 0 Å². The molecule has 0 radical (unpaired) electrons. The summed E-state index contributed by atoms with van der Waals surface area (Å²) in [5, 5.41) is 2.78. The Labute approximate surface area is 195 Å². The summed E-state index contributed by atoms with van der Waals surface area (Å²) in [5.41, 5.74) is 1.83. The molecule has 180 valence electrons. The molecule has 0 aliphatic carbocycles. The molecule has 1 N–H and O–H groups in total. The Kier molecular flexibility index (Phi) is 8.99. The van der Waals surface area contributed by atoms with E-state index in [1.54, 1.807) is 19.1 Å². The van der Waals surface area contributed by atoms with E-state index in [0.29, 0.717) is 17.7 Å². The fourth-order valence-corrected chi connectivity index (χ4v) is 4.30. The third-order valence-electron chi connectivity index (χ3n) is 5.18. The fraction of sp³-hybridized carbons (Fsp3) is 0.417. The number of hydrogen-bond acceptors (Lipinski definition) is 4. The number of nitrogens with zero attached hydrogens (tertiary/aromatic N) is 2. The Bertz CT molecular complexity index is 1070. The van der Waals surface area contributed by atoms with Crippen LogP contribution in [-0.4, -0.2) is 50.0 Å². The van der Waals surface area contributed by atoms with Gasteiger partial charge >= 0.3 is 0 Å². The molecule has 0 aromatic heterocycles. The molecule has 33 heavy (non-hydrogen) atoms. The lowest BCUT2D eigenvalue weighted by molar-refractivity contribution is -0.139. The number of halogens is 1. The smallest absolute Gasteiger partial charge is 0.244 e. The number of hydrogen-bond donors (Lipinski definition) is 1. The minimum Gasteiger partial charge on any atom is -0.352 e. The molecule has 7 nitrogen and oxygen atoms in total. The van der Waals surface area contributed by atoms with E-state index in [-0.39, 0.29) is 18.5 Å². The van der Waals surface area contributed by atoms with Crippen molar-refractivity contribution in [3.63, 3.8) is 0 Å². The molecular weight excluding hydrogens is 445 g/mol. The Balaban J connectivity index is 2.42. The topological polar surface area (TPSA) is 86.8 Å². The SMILES string of the molecule is CCc1ccccc1N(CC(=O)N(Cc1ccc(F)cc1)[C@@H](C)C(=O)NC(C)C)S(C)(=O)=O. The summed E-state index contributed by atoms with van der Waals surface area (Å²) in [4.78, 5) is 27.5. The monoisotopic (exact) mass is 477 g/mol. The van der Waals surface area contributed by atoms with Crippen LogP contribution in [0.3, 0.4) is 0 Å². The molecule has 9 heteroatoms. The number of amides is 2. The van der Waals surface area contributed by atoms with Crippen LogP contribution in [0.25, 0.3) is 0 Å². The minimum absolute atomic E-state index is 0.0266. The van der Waals surface area contributed by atoms with Crippen molar-refractivity contribution in [1.29, 1.82) is 0 Å². The summed E-state index contributed by atoms with van der Waals surface area (Å²) in [6, 6.07) is 11.6. The van der Waals surface area contributed by atoms with Crippen LogP contribution in [0.1, 0.15) is 38.8 Å². The molecule has 2 rings (SSSR count). The second-order valence-electron chi connectivity index (χ2n) is 8.24. The number of sulfonamides is 1. The van der Waals surface area contributed by atoms with Gasteiger partial charge in [0.25, 0.3) is 0 Å². The number of carbonyl (C=O) groups excluding carboxylic acids is 2. The van der Waals surface area contributed by atoms with Crippen LogP contribution in [0.5, 0.6) is 0 Å². The lowest BCUT2D eigenvalue weighted by Gasteiger charge is -2.32. The maximum Gasteiger partial charge on any atom is 0.244 e. The van der Waals surface area contributed by atoms with Crippen LogP contribution < -0.4 is 9.62 Å². The van der Waals surface area contributed by atoms with Gasteiger partial charge in [-0.1, -0.05) is 37.3 Å². The van der Waals surface area contributed by atoms with Gasteiger partial charge in [-0.3, -0.25) is 13.9 Å². The Morgan fingerprint density at radius 1 is 1.03 bits per heavy atom. The van der Waals surface area contributed by atoms with Crippen molar-refractivity contribution in [2.75, 3.05) is 17.1 Å². The van der Waals surface area contributed by atoms with Crippen LogP contribution in [0.15, 0.2) is 48.5 Å². The lowest BCUT2D eigenvalue weighted by atomic mass is 10.1. The third kappa shape index (κ3) is 7.28. The number of benzene rings is 2. The first-order valence-electron chi connectivity index (χ1n) is 10.8. The Hall–Kier alpha value is -2.94. The summed E-state index contributed by atoms with van der Waals surface area (Å²) >= 11 is 0. The van der Waals surface area contributed by atoms with Crippen molar-refractivity contribution < 1.29 is 22.4 Å². The van der Waals surface area contributed by atoms with Gasteiger partial charge in [-0.25, -0.2) is 12.8 Å². The molecule has 0 aliphatic rings. The van der Waals surface area contributed by atoms with Gasteiger partial charge in [-0.2, -0.15) is 0 Å². The van der Waals surface area contributed by atoms with E-state index in [1.807, 2.05) is 32.9 Å². The summed E-state index contributed by atoms with van der Waals surface area (Å²) in [5.74, 6) is -1.32. The van der Waals surface area contributed by atoms with Gasteiger partial charge in [0.1, 0.15) is 18.4 Å². The Morgan fingerprint density at radius 2 is 1.64 bits per heavy atom. The lowest BCUT2D eigenvalue weighted by Crippen LogP contribution is -2.52. The second-order valence-corrected chi connectivity index (χ2v) is 10.1. The molecule has 0 fully saturated rings. The van der Waals surface area contributed by atoms with E-state index in [9.17, 15) is 22.4 Å². The van der Waals surface area contributed by atoms with Crippen molar-refractivity contribution in [3.05, 3.63) is 65.5 Å². The average Bonchev–Trinajstić information content (AvgIpc) is 2.75. The molecule has 2 aromatic carbocycles. The largest absolute Gasteiger partial charge is 0.352 e. The van der Waals surface area contributed by atoms with Crippen LogP contribution in [0.4, 0.5) is 10.1 Å². The summed E-state index contributed by atoms with van der Waals surface area (Å²) in [6.45, 7) is 6.67. The van der Waals surface area contributed by atoms with Crippen LogP contribution in [0.2, 0.25) is 0 Å². The number of carbonyl (C=O) groups is 2. The van der Waals surface area contributed by atoms with Gasteiger partial charge < -0.3 is 10.2 Å². The highest BCUT2D eigenvalue weighted by molar-refractivity contribution is 7.92. The summed E-state index contributed by atoms with van der Waals surface area (Å²) in [7, 11) is -3.79. The van der Waals surface area contributed by atoms with Gasteiger partial charge in [0.15, 0.2) is 0 Å². The van der Waals surface area contributed by atoms with E-state index in [0.717, 1.165) is 16.1 Å². The van der Waals surface area contributed by atoms with Crippen molar-refractivity contribution in [2.45, 2.75) is 52.7 Å².